The number of hydrogen-bond donors (Lipinski definition) is 1. The molecule has 5 nitrogen and oxygen atoms in total. The molecule has 0 aromatic heterocycles. The molecule has 0 spiro atoms. The number of unbranched alkanes of at least 4 members (excludes halogenated alkanes) is 1. The van der Waals surface area contributed by atoms with E-state index in [9.17, 15) is 4.79 Å². The third-order valence-corrected chi connectivity index (χ3v) is 2.55. The molecule has 0 heterocycles. The van der Waals surface area contributed by atoms with E-state index >= 15 is 0 Å². The van der Waals surface area contributed by atoms with E-state index in [4.69, 9.17) is 5.53 Å². The molecule has 18 heavy (non-hydrogen) atoms. The molecule has 0 bridgehead atoms. The number of carbonyl (C=O) groups is 1. The second kappa shape index (κ2) is 9.07. The summed E-state index contributed by atoms with van der Waals surface area (Å²) in [6.45, 7) is 1.14. The topological polar surface area (TPSA) is 77.9 Å². The molecular weight excluding hydrogens is 228 g/mol. The number of nitrogens with one attached hydrogen (secondary N) is 1. The van der Waals surface area contributed by atoms with Crippen LogP contribution < -0.4 is 5.32 Å². The molecular formula is C13H18N4O. The van der Waals surface area contributed by atoms with Gasteiger partial charge >= 0.3 is 0 Å². The number of benzene rings is 1. The molecule has 0 radical (unpaired) electrons. The van der Waals surface area contributed by atoms with Crippen LogP contribution in [0.2, 0.25) is 0 Å². The highest BCUT2D eigenvalue weighted by molar-refractivity contribution is 5.76. The predicted octanol–water partition coefficient (Wildman–Crippen LogP) is 2.83. The Bertz CT molecular complexity index is 399. The van der Waals surface area contributed by atoms with Crippen molar-refractivity contribution in [2.45, 2.75) is 25.7 Å². The molecule has 96 valence electrons. The van der Waals surface area contributed by atoms with E-state index < -0.39 is 0 Å². The Balaban J connectivity index is 2.05. The molecule has 1 amide bonds. The largest absolute Gasteiger partial charge is 0.356 e. The second-order valence-corrected chi connectivity index (χ2v) is 4.00. The van der Waals surface area contributed by atoms with E-state index in [2.05, 4.69) is 15.3 Å². The zero-order valence-corrected chi connectivity index (χ0v) is 10.4. The third kappa shape index (κ3) is 6.55. The molecule has 0 fully saturated rings. The van der Waals surface area contributed by atoms with E-state index in [1.165, 1.54) is 5.56 Å². The van der Waals surface area contributed by atoms with Crippen molar-refractivity contribution in [2.75, 3.05) is 13.1 Å². The summed E-state index contributed by atoms with van der Waals surface area (Å²) in [5, 5.41) is 6.29. The summed E-state index contributed by atoms with van der Waals surface area (Å²) >= 11 is 0. The zero-order valence-electron chi connectivity index (χ0n) is 10.4. The van der Waals surface area contributed by atoms with Gasteiger partial charge in [0.05, 0.1) is 0 Å². The van der Waals surface area contributed by atoms with Gasteiger partial charge in [0.2, 0.25) is 5.91 Å². The van der Waals surface area contributed by atoms with Gasteiger partial charge in [0.15, 0.2) is 0 Å². The van der Waals surface area contributed by atoms with E-state index in [0.29, 0.717) is 19.5 Å². The van der Waals surface area contributed by atoms with Crippen molar-refractivity contribution in [1.29, 1.82) is 0 Å². The van der Waals surface area contributed by atoms with Crippen LogP contribution in [0.15, 0.2) is 35.4 Å². The van der Waals surface area contributed by atoms with E-state index in [0.717, 1.165) is 19.3 Å². The van der Waals surface area contributed by atoms with Gasteiger partial charge in [-0.25, -0.2) is 0 Å². The molecule has 1 aromatic rings. The van der Waals surface area contributed by atoms with Gasteiger partial charge in [-0.15, -0.1) is 0 Å². The van der Waals surface area contributed by atoms with Gasteiger partial charge in [-0.1, -0.05) is 35.4 Å². The number of nitrogens with zero attached hydrogens (tertiary/aromatic N) is 3. The van der Waals surface area contributed by atoms with Crippen molar-refractivity contribution >= 4 is 5.91 Å². The Labute approximate surface area is 107 Å². The van der Waals surface area contributed by atoms with Gasteiger partial charge < -0.3 is 5.32 Å². The maximum atomic E-state index is 11.5. The minimum Gasteiger partial charge on any atom is -0.356 e. The smallest absolute Gasteiger partial charge is 0.220 e. The fraction of sp³-hybridized carbons (Fsp3) is 0.462. The Morgan fingerprint density at radius 2 is 2.06 bits per heavy atom. The molecule has 0 unspecified atom stereocenters. The van der Waals surface area contributed by atoms with Crippen LogP contribution in [0, 0.1) is 0 Å². The quantitative estimate of drug-likeness (QED) is 0.325. The number of amides is 1. The summed E-state index contributed by atoms with van der Waals surface area (Å²) in [4.78, 5) is 14.2. The van der Waals surface area contributed by atoms with E-state index in [1.54, 1.807) is 0 Å². The summed E-state index contributed by atoms with van der Waals surface area (Å²) < 4.78 is 0. The minimum absolute atomic E-state index is 0.0719. The highest BCUT2D eigenvalue weighted by atomic mass is 16.1. The standard InChI is InChI=1S/C13H18N4O/c14-17-16-11-5-4-10-15-13(18)9-8-12-6-2-1-3-7-12/h1-3,6-7H,4-5,8-11H2,(H,15,18). The van der Waals surface area contributed by atoms with E-state index in [1.807, 2.05) is 30.3 Å². The Hall–Kier alpha value is -2.00. The Morgan fingerprint density at radius 1 is 1.28 bits per heavy atom. The molecule has 5 heteroatoms. The van der Waals surface area contributed by atoms with Crippen molar-refractivity contribution < 1.29 is 4.79 Å². The first kappa shape index (κ1) is 14.1. The lowest BCUT2D eigenvalue weighted by Gasteiger charge is -2.04. The Morgan fingerprint density at radius 3 is 2.78 bits per heavy atom. The number of rotatable bonds is 8. The molecule has 0 aliphatic carbocycles. The van der Waals surface area contributed by atoms with Crippen LogP contribution in [0.3, 0.4) is 0 Å². The summed E-state index contributed by atoms with van der Waals surface area (Å²) in [5.74, 6) is 0.0719. The van der Waals surface area contributed by atoms with Crippen molar-refractivity contribution in [3.8, 4) is 0 Å². The molecule has 0 aliphatic rings. The first-order valence-electron chi connectivity index (χ1n) is 6.14. The molecule has 0 saturated heterocycles. The fourth-order valence-corrected chi connectivity index (χ4v) is 1.57. The van der Waals surface area contributed by atoms with Crippen LogP contribution in [-0.2, 0) is 11.2 Å². The second-order valence-electron chi connectivity index (χ2n) is 4.00. The Kier molecular flexibility index (Phi) is 7.09. The molecule has 1 aromatic carbocycles. The maximum absolute atomic E-state index is 11.5. The van der Waals surface area contributed by atoms with Gasteiger partial charge in [0, 0.05) is 24.4 Å². The third-order valence-electron chi connectivity index (χ3n) is 2.55. The highest BCUT2D eigenvalue weighted by Gasteiger charge is 2.00. The normalized spacial score (nSPS) is 9.56. The zero-order chi connectivity index (χ0) is 13.1. The average molecular weight is 246 g/mol. The predicted molar refractivity (Wildman–Crippen MR) is 71.0 cm³/mol. The van der Waals surface area contributed by atoms with Gasteiger partial charge in [-0.05, 0) is 30.4 Å². The van der Waals surface area contributed by atoms with Crippen LogP contribution in [0.5, 0.6) is 0 Å². The van der Waals surface area contributed by atoms with Crippen LogP contribution in [-0.4, -0.2) is 19.0 Å². The molecule has 0 atom stereocenters. The first-order valence-corrected chi connectivity index (χ1v) is 6.14. The lowest BCUT2D eigenvalue weighted by Crippen LogP contribution is -2.24. The summed E-state index contributed by atoms with van der Waals surface area (Å²) in [6.07, 6.45) is 2.94. The van der Waals surface area contributed by atoms with Crippen molar-refractivity contribution in [2.24, 2.45) is 5.11 Å². The molecule has 1 N–H and O–H groups in total. The van der Waals surface area contributed by atoms with Crippen molar-refractivity contribution in [3.05, 3.63) is 46.3 Å². The monoisotopic (exact) mass is 246 g/mol. The number of azide groups is 1. The number of aryl methyl sites for hydroxylation is 1. The molecule has 0 saturated carbocycles. The molecule has 0 aliphatic heterocycles. The van der Waals surface area contributed by atoms with Gasteiger partial charge in [-0.2, -0.15) is 0 Å². The van der Waals surface area contributed by atoms with Crippen LogP contribution in [0.25, 0.3) is 10.4 Å². The van der Waals surface area contributed by atoms with Gasteiger partial charge in [0.1, 0.15) is 0 Å². The summed E-state index contributed by atoms with van der Waals surface area (Å²) in [5.41, 5.74) is 9.25. The fourth-order valence-electron chi connectivity index (χ4n) is 1.57. The van der Waals surface area contributed by atoms with E-state index in [-0.39, 0.29) is 5.91 Å². The average Bonchev–Trinajstić information content (AvgIpc) is 2.41. The molecule has 1 rings (SSSR count). The van der Waals surface area contributed by atoms with Crippen LogP contribution in [0.4, 0.5) is 0 Å². The van der Waals surface area contributed by atoms with Crippen LogP contribution >= 0.6 is 0 Å². The first-order chi connectivity index (χ1) is 8.83. The lowest BCUT2D eigenvalue weighted by atomic mass is 10.1. The van der Waals surface area contributed by atoms with Gasteiger partial charge in [0.25, 0.3) is 0 Å². The minimum atomic E-state index is 0.0719. The summed E-state index contributed by atoms with van der Waals surface area (Å²) in [6, 6.07) is 9.96. The van der Waals surface area contributed by atoms with Crippen LogP contribution in [0.1, 0.15) is 24.8 Å². The van der Waals surface area contributed by atoms with Crippen molar-refractivity contribution in [3.63, 3.8) is 0 Å². The number of carbonyl (C=O) groups excluding carboxylic acids is 1. The SMILES string of the molecule is [N-]=[N+]=NCCCCNC(=O)CCc1ccccc1. The van der Waals surface area contributed by atoms with Gasteiger partial charge in [-0.3, -0.25) is 4.79 Å². The lowest BCUT2D eigenvalue weighted by molar-refractivity contribution is -0.121. The maximum Gasteiger partial charge on any atom is 0.220 e. The summed E-state index contributed by atoms with van der Waals surface area (Å²) in [7, 11) is 0. The number of hydrogen-bond acceptors (Lipinski definition) is 2. The highest BCUT2D eigenvalue weighted by Crippen LogP contribution is 2.02. The van der Waals surface area contributed by atoms with Crippen molar-refractivity contribution in [1.82, 2.24) is 5.32 Å².